The Morgan fingerprint density at radius 1 is 1.29 bits per heavy atom. The van der Waals surface area contributed by atoms with Crippen LogP contribution in [0.4, 0.5) is 0 Å². The third-order valence-corrected chi connectivity index (χ3v) is 4.54. The SMILES string of the molecule is O=C([O-])C1=CSC(c2cn3c(n2)CNCC3)C(C(=O)[O-])=CN1.[Na+].[Na+]. The zero-order chi connectivity index (χ0) is 15.7. The quantitative estimate of drug-likeness (QED) is 0.506. The molecular formula is C13H12N4Na2O4S. The van der Waals surface area contributed by atoms with Gasteiger partial charge in [-0.3, -0.25) is 0 Å². The summed E-state index contributed by atoms with van der Waals surface area (Å²) in [5.74, 6) is -1.96. The molecule has 1 atom stereocenters. The van der Waals surface area contributed by atoms with E-state index in [0.29, 0.717) is 12.2 Å². The van der Waals surface area contributed by atoms with Crippen LogP contribution in [0.25, 0.3) is 0 Å². The molecule has 0 saturated heterocycles. The first-order chi connectivity index (χ1) is 10.6. The van der Waals surface area contributed by atoms with Gasteiger partial charge < -0.3 is 35.0 Å². The maximum absolute atomic E-state index is 11.3. The van der Waals surface area contributed by atoms with E-state index in [1.165, 1.54) is 5.41 Å². The number of fused-ring (bicyclic) bond motifs is 1. The number of hydrogen-bond donors (Lipinski definition) is 2. The van der Waals surface area contributed by atoms with Gasteiger partial charge in [-0.15, -0.1) is 11.8 Å². The number of carbonyl (C=O) groups is 2. The maximum Gasteiger partial charge on any atom is 1.00 e. The fourth-order valence-corrected chi connectivity index (χ4v) is 3.31. The summed E-state index contributed by atoms with van der Waals surface area (Å²) in [5, 5.41) is 28.5. The Kier molecular flexibility index (Phi) is 8.57. The molecule has 0 aliphatic carbocycles. The van der Waals surface area contributed by atoms with Gasteiger partial charge in [0.25, 0.3) is 0 Å². The number of aromatic nitrogens is 2. The van der Waals surface area contributed by atoms with Crippen molar-refractivity contribution in [1.82, 2.24) is 20.2 Å². The van der Waals surface area contributed by atoms with Gasteiger partial charge in [-0.05, 0) is 5.41 Å². The van der Waals surface area contributed by atoms with Gasteiger partial charge in [0.05, 0.1) is 35.1 Å². The van der Waals surface area contributed by atoms with Crippen LogP contribution < -0.4 is 80.0 Å². The molecule has 0 bridgehead atoms. The molecule has 0 saturated carbocycles. The number of thioether (sulfide) groups is 1. The second-order valence-electron chi connectivity index (χ2n) is 4.82. The van der Waals surface area contributed by atoms with Crippen LogP contribution in [0.1, 0.15) is 16.8 Å². The van der Waals surface area contributed by atoms with Crippen molar-refractivity contribution >= 4 is 23.7 Å². The standard InChI is InChI=1S/C13H14N4O4S.2Na/c18-12(19)7-3-15-9(13(20)21)6-22-11(7)8-5-17-2-1-14-4-10(17)16-8;;/h3,5-6,11,14-15H,1-2,4H2,(H,18,19)(H,20,21);;/q;2*+1/p-2. The number of hydrogen-bond acceptors (Lipinski definition) is 8. The Morgan fingerprint density at radius 3 is 2.67 bits per heavy atom. The largest absolute Gasteiger partial charge is 1.00 e. The van der Waals surface area contributed by atoms with Gasteiger partial charge in [0.1, 0.15) is 5.82 Å². The van der Waals surface area contributed by atoms with Gasteiger partial charge in [0.15, 0.2) is 0 Å². The molecule has 0 fully saturated rings. The van der Waals surface area contributed by atoms with Crippen LogP contribution in [0.2, 0.25) is 0 Å². The van der Waals surface area contributed by atoms with Gasteiger partial charge in [0, 0.05) is 31.1 Å². The van der Waals surface area contributed by atoms with Crippen molar-refractivity contribution in [3.8, 4) is 0 Å². The molecule has 0 aromatic carbocycles. The number of imidazole rings is 1. The minimum absolute atomic E-state index is 0. The van der Waals surface area contributed by atoms with E-state index in [1.807, 2.05) is 4.57 Å². The normalized spacial score (nSPS) is 19.2. The average molecular weight is 366 g/mol. The predicted octanol–water partition coefficient (Wildman–Crippen LogP) is -8.40. The summed E-state index contributed by atoms with van der Waals surface area (Å²) < 4.78 is 1.96. The number of carboxylic acid groups (broad SMARTS) is 2. The van der Waals surface area contributed by atoms with Crippen molar-refractivity contribution < 1.29 is 78.9 Å². The molecule has 8 nitrogen and oxygen atoms in total. The van der Waals surface area contributed by atoms with E-state index in [0.717, 1.165) is 36.9 Å². The Morgan fingerprint density at radius 2 is 2.04 bits per heavy atom. The molecule has 0 amide bonds. The zero-order valence-electron chi connectivity index (χ0n) is 13.4. The molecule has 24 heavy (non-hydrogen) atoms. The number of carboxylic acids is 2. The van der Waals surface area contributed by atoms with Crippen LogP contribution >= 0.6 is 11.8 Å². The van der Waals surface area contributed by atoms with Gasteiger partial charge >= 0.3 is 59.1 Å². The Hall–Kier alpha value is -0.260. The monoisotopic (exact) mass is 366 g/mol. The molecule has 1 aromatic rings. The molecule has 1 aromatic heterocycles. The zero-order valence-corrected chi connectivity index (χ0v) is 18.2. The third kappa shape index (κ3) is 4.67. The van der Waals surface area contributed by atoms with Crippen molar-refractivity contribution in [3.05, 3.63) is 40.6 Å². The molecule has 3 heterocycles. The summed E-state index contributed by atoms with van der Waals surface area (Å²) in [5.41, 5.74) is 0.287. The first-order valence-electron chi connectivity index (χ1n) is 6.58. The van der Waals surface area contributed by atoms with Crippen molar-refractivity contribution in [2.75, 3.05) is 6.54 Å². The van der Waals surface area contributed by atoms with Crippen LogP contribution in [0.3, 0.4) is 0 Å². The molecular weight excluding hydrogens is 354 g/mol. The fraction of sp³-hybridized carbons (Fsp3) is 0.308. The molecule has 0 radical (unpaired) electrons. The summed E-state index contributed by atoms with van der Waals surface area (Å²) >= 11 is 1.04. The molecule has 2 aliphatic rings. The smallest absolute Gasteiger partial charge is 0.545 e. The molecule has 11 heteroatoms. The minimum Gasteiger partial charge on any atom is -0.545 e. The Bertz CT molecular complexity index is 681. The molecule has 2 aliphatic heterocycles. The summed E-state index contributed by atoms with van der Waals surface area (Å²) in [6.45, 7) is 2.18. The van der Waals surface area contributed by atoms with E-state index in [1.54, 1.807) is 6.20 Å². The Labute approximate surface area is 186 Å². The summed E-state index contributed by atoms with van der Waals surface area (Å²) in [4.78, 5) is 26.7. The predicted molar refractivity (Wildman–Crippen MR) is 73.6 cm³/mol. The van der Waals surface area contributed by atoms with Crippen LogP contribution in [-0.2, 0) is 22.7 Å². The van der Waals surface area contributed by atoms with Crippen LogP contribution in [-0.4, -0.2) is 28.0 Å². The van der Waals surface area contributed by atoms with Gasteiger partial charge in [0.2, 0.25) is 0 Å². The van der Waals surface area contributed by atoms with Crippen LogP contribution in [0, 0.1) is 0 Å². The third-order valence-electron chi connectivity index (χ3n) is 3.40. The number of nitrogens with one attached hydrogen (secondary N) is 2. The van der Waals surface area contributed by atoms with E-state index in [4.69, 9.17) is 0 Å². The molecule has 3 rings (SSSR count). The number of carbonyl (C=O) groups excluding carboxylic acids is 2. The van der Waals surface area contributed by atoms with Crippen LogP contribution in [0.15, 0.2) is 29.1 Å². The van der Waals surface area contributed by atoms with E-state index >= 15 is 0 Å². The van der Waals surface area contributed by atoms with Crippen molar-refractivity contribution in [1.29, 1.82) is 0 Å². The molecule has 1 unspecified atom stereocenters. The first kappa shape index (κ1) is 21.8. The summed E-state index contributed by atoms with van der Waals surface area (Å²) in [7, 11) is 0. The van der Waals surface area contributed by atoms with Crippen molar-refractivity contribution in [2.45, 2.75) is 18.3 Å². The molecule has 116 valence electrons. The summed E-state index contributed by atoms with van der Waals surface area (Å²) in [6.07, 6.45) is 2.92. The number of aliphatic carboxylic acids is 2. The van der Waals surface area contributed by atoms with E-state index in [-0.39, 0.29) is 70.4 Å². The fourth-order valence-electron chi connectivity index (χ4n) is 2.31. The maximum atomic E-state index is 11.3. The van der Waals surface area contributed by atoms with Gasteiger partial charge in [-0.2, -0.15) is 0 Å². The van der Waals surface area contributed by atoms with E-state index in [2.05, 4.69) is 15.6 Å². The molecule has 0 spiro atoms. The Balaban J connectivity index is 0.00000144. The topological polar surface area (TPSA) is 122 Å². The van der Waals surface area contributed by atoms with Gasteiger partial charge in [-0.1, -0.05) is 0 Å². The van der Waals surface area contributed by atoms with E-state index in [9.17, 15) is 19.8 Å². The van der Waals surface area contributed by atoms with Crippen molar-refractivity contribution in [2.24, 2.45) is 0 Å². The number of nitrogens with zero attached hydrogens (tertiary/aromatic N) is 2. The number of rotatable bonds is 3. The van der Waals surface area contributed by atoms with E-state index < -0.39 is 17.2 Å². The average Bonchev–Trinajstić information content (AvgIpc) is 2.77. The van der Waals surface area contributed by atoms with Gasteiger partial charge in [-0.25, -0.2) is 4.98 Å². The first-order valence-corrected chi connectivity index (χ1v) is 7.52. The summed E-state index contributed by atoms with van der Waals surface area (Å²) in [6, 6.07) is 0. The van der Waals surface area contributed by atoms with Crippen LogP contribution in [0.5, 0.6) is 0 Å². The second-order valence-corrected chi connectivity index (χ2v) is 5.80. The minimum atomic E-state index is -1.41. The van der Waals surface area contributed by atoms with Crippen molar-refractivity contribution in [3.63, 3.8) is 0 Å². The second kappa shape index (κ2) is 9.44. The molecule has 2 N–H and O–H groups in total.